The Bertz CT molecular complexity index is 753. The lowest BCUT2D eigenvalue weighted by atomic mass is 10.1. The third-order valence-electron chi connectivity index (χ3n) is 4.66. The highest BCUT2D eigenvalue weighted by molar-refractivity contribution is 5.76. The summed E-state index contributed by atoms with van der Waals surface area (Å²) >= 11 is 0. The second-order valence-electron chi connectivity index (χ2n) is 6.55. The van der Waals surface area contributed by atoms with Crippen LogP contribution in [0.5, 0.6) is 0 Å². The molecule has 1 amide bonds. The molecule has 1 aliphatic heterocycles. The van der Waals surface area contributed by atoms with E-state index in [1.807, 2.05) is 17.0 Å². The minimum absolute atomic E-state index is 0.00977. The number of carbonyl (C=O) groups excluding carboxylic acids is 1. The highest BCUT2D eigenvalue weighted by Crippen LogP contribution is 2.16. The lowest BCUT2D eigenvalue weighted by Crippen LogP contribution is -2.45. The van der Waals surface area contributed by atoms with Crippen molar-refractivity contribution >= 4 is 11.7 Å². The lowest BCUT2D eigenvalue weighted by molar-refractivity contribution is -0.138. The average molecular weight is 357 g/mol. The Kier molecular flexibility index (Phi) is 6.17. The number of halogens is 1. The molecule has 0 aliphatic carbocycles. The standard InChI is InChI=1S/C20H24FN3O2/c21-18-4-2-1-3-16(18)6-8-20(25)24-11-12-26-17(14-24)7-5-15-9-10-23-19(22)13-15/h1-4,9-10,13,17H,5-8,11-12,14H2,(H2,22,23)/t17-/m1/s1. The van der Waals surface area contributed by atoms with Crippen molar-refractivity contribution in [1.29, 1.82) is 0 Å². The van der Waals surface area contributed by atoms with Crippen LogP contribution in [0.25, 0.3) is 0 Å². The van der Waals surface area contributed by atoms with Crippen LogP contribution in [0.3, 0.4) is 0 Å². The Morgan fingerprint density at radius 2 is 2.15 bits per heavy atom. The van der Waals surface area contributed by atoms with Gasteiger partial charge in [-0.1, -0.05) is 18.2 Å². The summed E-state index contributed by atoms with van der Waals surface area (Å²) in [4.78, 5) is 18.3. The molecule has 26 heavy (non-hydrogen) atoms. The largest absolute Gasteiger partial charge is 0.384 e. The third-order valence-corrected chi connectivity index (χ3v) is 4.66. The Morgan fingerprint density at radius 1 is 1.31 bits per heavy atom. The molecule has 3 rings (SSSR count). The van der Waals surface area contributed by atoms with Crippen LogP contribution in [0.2, 0.25) is 0 Å². The normalized spacial score (nSPS) is 17.3. The van der Waals surface area contributed by atoms with Gasteiger partial charge < -0.3 is 15.4 Å². The van der Waals surface area contributed by atoms with E-state index in [-0.39, 0.29) is 17.8 Å². The first-order valence-corrected chi connectivity index (χ1v) is 8.95. The van der Waals surface area contributed by atoms with Gasteiger partial charge in [0.1, 0.15) is 11.6 Å². The Morgan fingerprint density at radius 3 is 2.96 bits per heavy atom. The fraction of sp³-hybridized carbons (Fsp3) is 0.400. The van der Waals surface area contributed by atoms with E-state index in [1.54, 1.807) is 24.4 Å². The van der Waals surface area contributed by atoms with Crippen LogP contribution in [0.4, 0.5) is 10.2 Å². The number of nitrogen functional groups attached to an aromatic ring is 1. The summed E-state index contributed by atoms with van der Waals surface area (Å²) in [5.74, 6) is 0.309. The molecular formula is C20H24FN3O2. The van der Waals surface area contributed by atoms with Gasteiger partial charge in [-0.15, -0.1) is 0 Å². The molecule has 1 saturated heterocycles. The zero-order chi connectivity index (χ0) is 18.4. The van der Waals surface area contributed by atoms with Crippen molar-refractivity contribution in [2.45, 2.75) is 31.8 Å². The molecule has 0 radical (unpaired) electrons. The number of morpholine rings is 1. The molecule has 1 aromatic carbocycles. The molecule has 1 aromatic heterocycles. The van der Waals surface area contributed by atoms with Gasteiger partial charge in [-0.2, -0.15) is 0 Å². The molecule has 138 valence electrons. The van der Waals surface area contributed by atoms with E-state index in [2.05, 4.69) is 4.98 Å². The molecule has 1 atom stereocenters. The van der Waals surface area contributed by atoms with Crippen LogP contribution in [-0.2, 0) is 22.4 Å². The van der Waals surface area contributed by atoms with Crippen LogP contribution in [-0.4, -0.2) is 41.6 Å². The summed E-state index contributed by atoms with van der Waals surface area (Å²) in [6.07, 6.45) is 4.09. The van der Waals surface area contributed by atoms with E-state index >= 15 is 0 Å². The Hall–Kier alpha value is -2.47. The molecule has 0 bridgehead atoms. The van der Waals surface area contributed by atoms with E-state index in [0.29, 0.717) is 43.9 Å². The number of anilines is 1. The number of rotatable bonds is 6. The molecule has 2 aromatic rings. The van der Waals surface area contributed by atoms with Crippen molar-refractivity contribution in [2.75, 3.05) is 25.4 Å². The van der Waals surface area contributed by atoms with Crippen LogP contribution < -0.4 is 5.73 Å². The zero-order valence-electron chi connectivity index (χ0n) is 14.7. The maximum absolute atomic E-state index is 13.7. The number of benzene rings is 1. The first kappa shape index (κ1) is 18.3. The number of nitrogens with zero attached hydrogens (tertiary/aromatic N) is 2. The van der Waals surface area contributed by atoms with Crippen LogP contribution in [0.15, 0.2) is 42.6 Å². The second kappa shape index (κ2) is 8.76. The number of pyridine rings is 1. The van der Waals surface area contributed by atoms with Crippen molar-refractivity contribution in [1.82, 2.24) is 9.88 Å². The molecule has 0 unspecified atom stereocenters. The molecule has 1 aliphatic rings. The molecule has 0 saturated carbocycles. The highest BCUT2D eigenvalue weighted by atomic mass is 19.1. The van der Waals surface area contributed by atoms with Gasteiger partial charge in [-0.25, -0.2) is 9.37 Å². The van der Waals surface area contributed by atoms with Gasteiger partial charge in [0.05, 0.1) is 12.7 Å². The zero-order valence-corrected chi connectivity index (χ0v) is 14.7. The smallest absolute Gasteiger partial charge is 0.223 e. The van der Waals surface area contributed by atoms with Gasteiger partial charge in [0.15, 0.2) is 0 Å². The van der Waals surface area contributed by atoms with E-state index in [4.69, 9.17) is 10.5 Å². The minimum atomic E-state index is -0.253. The summed E-state index contributed by atoms with van der Waals surface area (Å²) in [5.41, 5.74) is 7.40. The topological polar surface area (TPSA) is 68.5 Å². The van der Waals surface area contributed by atoms with Gasteiger partial charge in [-0.05, 0) is 48.6 Å². The predicted molar refractivity (Wildman–Crippen MR) is 98.0 cm³/mol. The fourth-order valence-electron chi connectivity index (χ4n) is 3.20. The number of aromatic nitrogens is 1. The summed E-state index contributed by atoms with van der Waals surface area (Å²) in [7, 11) is 0. The Labute approximate surface area is 153 Å². The van der Waals surface area contributed by atoms with E-state index in [9.17, 15) is 9.18 Å². The van der Waals surface area contributed by atoms with Crippen molar-refractivity contribution in [3.8, 4) is 0 Å². The maximum Gasteiger partial charge on any atom is 0.223 e. The monoisotopic (exact) mass is 357 g/mol. The van der Waals surface area contributed by atoms with Crippen molar-refractivity contribution in [3.63, 3.8) is 0 Å². The molecule has 2 N–H and O–H groups in total. The number of carbonyl (C=O) groups is 1. The van der Waals surface area contributed by atoms with Gasteiger partial charge in [-0.3, -0.25) is 4.79 Å². The number of ether oxygens (including phenoxy) is 1. The molecule has 0 spiro atoms. The molecular weight excluding hydrogens is 333 g/mol. The van der Waals surface area contributed by atoms with E-state index in [0.717, 1.165) is 18.4 Å². The third kappa shape index (κ3) is 5.02. The summed E-state index contributed by atoms with van der Waals surface area (Å²) in [5, 5.41) is 0. The number of hydrogen-bond donors (Lipinski definition) is 1. The first-order valence-electron chi connectivity index (χ1n) is 8.95. The molecule has 2 heterocycles. The average Bonchev–Trinajstić information content (AvgIpc) is 2.66. The van der Waals surface area contributed by atoms with Gasteiger partial charge in [0, 0.05) is 25.7 Å². The molecule has 5 nitrogen and oxygen atoms in total. The molecule has 1 fully saturated rings. The van der Waals surface area contributed by atoms with E-state index < -0.39 is 0 Å². The van der Waals surface area contributed by atoms with Crippen molar-refractivity contribution < 1.29 is 13.9 Å². The van der Waals surface area contributed by atoms with Gasteiger partial charge >= 0.3 is 0 Å². The number of aryl methyl sites for hydroxylation is 2. The van der Waals surface area contributed by atoms with E-state index in [1.165, 1.54) is 6.07 Å². The van der Waals surface area contributed by atoms with Crippen molar-refractivity contribution in [3.05, 3.63) is 59.5 Å². The van der Waals surface area contributed by atoms with Crippen LogP contribution in [0, 0.1) is 5.82 Å². The predicted octanol–water partition coefficient (Wildman–Crippen LogP) is 2.60. The fourth-order valence-corrected chi connectivity index (χ4v) is 3.20. The second-order valence-corrected chi connectivity index (χ2v) is 6.55. The van der Waals surface area contributed by atoms with Gasteiger partial charge in [0.2, 0.25) is 5.91 Å². The minimum Gasteiger partial charge on any atom is -0.384 e. The van der Waals surface area contributed by atoms with Gasteiger partial charge in [0.25, 0.3) is 0 Å². The summed E-state index contributed by atoms with van der Waals surface area (Å²) < 4.78 is 19.5. The highest BCUT2D eigenvalue weighted by Gasteiger charge is 2.24. The van der Waals surface area contributed by atoms with Crippen LogP contribution >= 0.6 is 0 Å². The summed E-state index contributed by atoms with van der Waals surface area (Å²) in [6.45, 7) is 1.71. The van der Waals surface area contributed by atoms with Crippen molar-refractivity contribution in [2.24, 2.45) is 0 Å². The van der Waals surface area contributed by atoms with Crippen LogP contribution in [0.1, 0.15) is 24.0 Å². The molecule has 6 heteroatoms. The maximum atomic E-state index is 13.7. The quantitative estimate of drug-likeness (QED) is 0.863. The Balaban J connectivity index is 1.48. The number of amides is 1. The SMILES string of the molecule is Nc1cc(CC[C@@H]2CN(C(=O)CCc3ccccc3F)CCO2)ccn1. The number of hydrogen-bond acceptors (Lipinski definition) is 4. The first-order chi connectivity index (χ1) is 12.6. The number of nitrogens with two attached hydrogens (primary N) is 1. The summed E-state index contributed by atoms with van der Waals surface area (Å²) in [6, 6.07) is 10.4. The lowest BCUT2D eigenvalue weighted by Gasteiger charge is -2.33.